The minimum absolute atomic E-state index is 0.00892. The molecule has 0 aliphatic carbocycles. The Hall–Kier alpha value is -4.34. The number of hydrogen-bond donors (Lipinski definition) is 6. The molecule has 0 aliphatic rings. The number of carbonyl (C=O) groups excluding carboxylic acids is 2. The summed E-state index contributed by atoms with van der Waals surface area (Å²) in [5.41, 5.74) is 24.5. The van der Waals surface area contributed by atoms with Crippen LogP contribution in [0.3, 0.4) is 0 Å². The molecule has 0 bridgehead atoms. The summed E-state index contributed by atoms with van der Waals surface area (Å²) in [6, 6.07) is 15.8. The maximum Gasteiger partial charge on any atom is 0.268 e. The molecular weight excluding hydrogens is 420 g/mol. The van der Waals surface area contributed by atoms with Gasteiger partial charge in [-0.05, 0) is 30.5 Å². The lowest BCUT2D eigenvalue weighted by Gasteiger charge is -2.17. The van der Waals surface area contributed by atoms with Crippen LogP contribution in [0.5, 0.6) is 0 Å². The molecule has 1 heterocycles. The highest BCUT2D eigenvalue weighted by atomic mass is 16.2. The van der Waals surface area contributed by atoms with E-state index in [1.807, 2.05) is 41.0 Å². The van der Waals surface area contributed by atoms with Crippen molar-refractivity contribution in [2.24, 2.45) is 27.9 Å². The number of nitrogens with one attached hydrogen (secondary N) is 2. The van der Waals surface area contributed by atoms with E-state index in [4.69, 9.17) is 28.3 Å². The standard InChI is InChI=1S/C23H28N8O2/c24-20(25)15-9-7-14(8-10-15)13-31-18-6-2-1-4-16(18)12-19(31)22(33)30-17(21(26)32)5-3-11-29-23(27)28/h1-2,4,6-10,12,17H,3,5,11,13H2,(H3,24,25)(H2,26,32)(H,30,33)(H4,27,28,29). The lowest BCUT2D eigenvalue weighted by atomic mass is 10.1. The third-order valence-electron chi connectivity index (χ3n) is 5.24. The highest BCUT2D eigenvalue weighted by molar-refractivity contribution is 6.00. The van der Waals surface area contributed by atoms with Gasteiger partial charge in [-0.15, -0.1) is 0 Å². The van der Waals surface area contributed by atoms with Gasteiger partial charge in [0.05, 0.1) is 0 Å². The Kier molecular flexibility index (Phi) is 7.29. The Bertz CT molecular complexity index is 1190. The smallest absolute Gasteiger partial charge is 0.268 e. The van der Waals surface area contributed by atoms with E-state index in [0.717, 1.165) is 16.5 Å². The number of nitrogens with zero attached hydrogens (tertiary/aromatic N) is 2. The van der Waals surface area contributed by atoms with Crippen molar-refractivity contribution in [3.63, 3.8) is 0 Å². The molecular formula is C23H28N8O2. The van der Waals surface area contributed by atoms with Crippen LogP contribution in [0.1, 0.15) is 34.5 Å². The number of nitrogen functional groups attached to an aromatic ring is 1. The van der Waals surface area contributed by atoms with Gasteiger partial charge in [-0.1, -0.05) is 42.5 Å². The van der Waals surface area contributed by atoms with E-state index in [2.05, 4.69) is 10.3 Å². The number of rotatable bonds is 10. The Morgan fingerprint density at radius 2 is 1.73 bits per heavy atom. The molecule has 2 amide bonds. The summed E-state index contributed by atoms with van der Waals surface area (Å²) < 4.78 is 1.88. The highest BCUT2D eigenvalue weighted by Gasteiger charge is 2.22. The monoisotopic (exact) mass is 448 g/mol. The molecule has 10 heteroatoms. The fourth-order valence-corrected chi connectivity index (χ4v) is 3.56. The second-order valence-electron chi connectivity index (χ2n) is 7.66. The third-order valence-corrected chi connectivity index (χ3v) is 5.24. The topological polar surface area (TPSA) is 191 Å². The molecule has 0 spiro atoms. The maximum atomic E-state index is 13.2. The summed E-state index contributed by atoms with van der Waals surface area (Å²) in [5.74, 6) is -1.08. The van der Waals surface area contributed by atoms with Crippen molar-refractivity contribution in [1.29, 1.82) is 5.41 Å². The number of amidine groups is 1. The number of primary amides is 1. The normalized spacial score (nSPS) is 11.6. The van der Waals surface area contributed by atoms with Crippen molar-refractivity contribution in [3.05, 3.63) is 71.4 Å². The van der Waals surface area contributed by atoms with E-state index in [0.29, 0.717) is 37.2 Å². The summed E-state index contributed by atoms with van der Waals surface area (Å²) >= 11 is 0. The first-order chi connectivity index (χ1) is 15.8. The molecule has 0 aliphatic heterocycles. The number of para-hydroxylation sites is 1. The number of guanidine groups is 1. The Balaban J connectivity index is 1.85. The van der Waals surface area contributed by atoms with Crippen LogP contribution >= 0.6 is 0 Å². The van der Waals surface area contributed by atoms with E-state index in [1.165, 1.54) is 0 Å². The molecule has 33 heavy (non-hydrogen) atoms. The van der Waals surface area contributed by atoms with Crippen molar-refractivity contribution in [3.8, 4) is 0 Å². The number of aromatic nitrogens is 1. The van der Waals surface area contributed by atoms with Crippen LogP contribution in [-0.2, 0) is 11.3 Å². The lowest BCUT2D eigenvalue weighted by molar-refractivity contribution is -0.120. The van der Waals surface area contributed by atoms with Crippen LogP contribution in [0.15, 0.2) is 59.6 Å². The van der Waals surface area contributed by atoms with E-state index < -0.39 is 17.9 Å². The summed E-state index contributed by atoms with van der Waals surface area (Å²) in [6.45, 7) is 0.749. The SMILES string of the molecule is N=C(N)c1ccc(Cn2c(C(=O)NC(CCCN=C(N)N)C(N)=O)cc3ccccc32)cc1. The zero-order valence-corrected chi connectivity index (χ0v) is 18.1. The van der Waals surface area contributed by atoms with Crippen LogP contribution < -0.4 is 28.3 Å². The summed E-state index contributed by atoms with van der Waals surface area (Å²) in [6.07, 6.45) is 0.794. The second-order valence-corrected chi connectivity index (χ2v) is 7.66. The minimum atomic E-state index is -0.854. The van der Waals surface area contributed by atoms with Gasteiger partial charge in [-0.25, -0.2) is 0 Å². The molecule has 2 aromatic carbocycles. The number of hydrogen-bond acceptors (Lipinski definition) is 4. The van der Waals surface area contributed by atoms with Gasteiger partial charge in [0, 0.05) is 29.6 Å². The molecule has 0 saturated heterocycles. The van der Waals surface area contributed by atoms with Gasteiger partial charge in [-0.3, -0.25) is 20.0 Å². The molecule has 3 aromatic rings. The Morgan fingerprint density at radius 3 is 2.36 bits per heavy atom. The van der Waals surface area contributed by atoms with Crippen LogP contribution in [0, 0.1) is 5.41 Å². The lowest BCUT2D eigenvalue weighted by Crippen LogP contribution is -2.45. The molecule has 1 aromatic heterocycles. The van der Waals surface area contributed by atoms with Gasteiger partial charge in [0.15, 0.2) is 5.96 Å². The third kappa shape index (κ3) is 5.88. The first kappa shape index (κ1) is 23.3. The van der Waals surface area contributed by atoms with Gasteiger partial charge < -0.3 is 32.8 Å². The van der Waals surface area contributed by atoms with Crippen molar-refractivity contribution >= 4 is 34.5 Å². The van der Waals surface area contributed by atoms with Crippen LogP contribution in [0.4, 0.5) is 0 Å². The van der Waals surface area contributed by atoms with Crippen molar-refractivity contribution in [1.82, 2.24) is 9.88 Å². The van der Waals surface area contributed by atoms with Gasteiger partial charge >= 0.3 is 0 Å². The summed E-state index contributed by atoms with van der Waals surface area (Å²) in [7, 11) is 0. The average molecular weight is 449 g/mol. The van der Waals surface area contributed by atoms with Gasteiger partial charge in [0.1, 0.15) is 17.6 Å². The molecule has 0 fully saturated rings. The van der Waals surface area contributed by atoms with Gasteiger partial charge in [0.2, 0.25) is 5.91 Å². The van der Waals surface area contributed by atoms with Crippen LogP contribution in [-0.4, -0.2) is 40.8 Å². The zero-order chi connectivity index (χ0) is 24.0. The Labute approximate surface area is 191 Å². The van der Waals surface area contributed by atoms with Gasteiger partial charge in [0.25, 0.3) is 5.91 Å². The van der Waals surface area contributed by atoms with Crippen molar-refractivity contribution < 1.29 is 9.59 Å². The molecule has 10 N–H and O–H groups in total. The quantitative estimate of drug-likeness (QED) is 0.150. The predicted octanol–water partition coefficient (Wildman–Crippen LogP) is 0.611. The van der Waals surface area contributed by atoms with Crippen LogP contribution in [0.2, 0.25) is 0 Å². The number of carbonyl (C=O) groups is 2. The minimum Gasteiger partial charge on any atom is -0.384 e. The van der Waals surface area contributed by atoms with Gasteiger partial charge in [-0.2, -0.15) is 0 Å². The number of aliphatic imine (C=N–C) groups is 1. The van der Waals surface area contributed by atoms with Crippen LogP contribution in [0.25, 0.3) is 10.9 Å². The average Bonchev–Trinajstić information content (AvgIpc) is 3.14. The van der Waals surface area contributed by atoms with E-state index in [1.54, 1.807) is 18.2 Å². The number of fused-ring (bicyclic) bond motifs is 1. The highest BCUT2D eigenvalue weighted by Crippen LogP contribution is 2.22. The number of nitrogens with two attached hydrogens (primary N) is 4. The first-order valence-electron chi connectivity index (χ1n) is 10.4. The molecule has 1 atom stereocenters. The molecule has 10 nitrogen and oxygen atoms in total. The van der Waals surface area contributed by atoms with E-state index in [9.17, 15) is 9.59 Å². The van der Waals surface area contributed by atoms with Crippen molar-refractivity contribution in [2.75, 3.05) is 6.54 Å². The molecule has 3 rings (SSSR count). The van der Waals surface area contributed by atoms with Crippen molar-refractivity contribution in [2.45, 2.75) is 25.4 Å². The fraction of sp³-hybridized carbons (Fsp3) is 0.217. The molecule has 172 valence electrons. The van der Waals surface area contributed by atoms with E-state index in [-0.39, 0.29) is 11.8 Å². The largest absolute Gasteiger partial charge is 0.384 e. The molecule has 0 radical (unpaired) electrons. The maximum absolute atomic E-state index is 13.2. The summed E-state index contributed by atoms with van der Waals surface area (Å²) in [4.78, 5) is 29.0. The molecule has 1 unspecified atom stereocenters. The second kappa shape index (κ2) is 10.3. The number of amides is 2. The van der Waals surface area contributed by atoms with E-state index >= 15 is 0 Å². The number of benzene rings is 2. The zero-order valence-electron chi connectivity index (χ0n) is 18.1. The molecule has 0 saturated carbocycles. The Morgan fingerprint density at radius 1 is 1.03 bits per heavy atom. The first-order valence-corrected chi connectivity index (χ1v) is 10.4. The predicted molar refractivity (Wildman–Crippen MR) is 129 cm³/mol. The fourth-order valence-electron chi connectivity index (χ4n) is 3.56. The summed E-state index contributed by atoms with van der Waals surface area (Å²) in [5, 5.41) is 11.2.